The van der Waals surface area contributed by atoms with Gasteiger partial charge in [-0.1, -0.05) is 11.6 Å². The number of fused-ring (bicyclic) bond motifs is 1. The van der Waals surface area contributed by atoms with Crippen molar-refractivity contribution >= 4 is 23.1 Å². The molecule has 3 aliphatic heterocycles. The normalized spacial score (nSPS) is 20.2. The van der Waals surface area contributed by atoms with Crippen LogP contribution in [-0.4, -0.2) is 85.7 Å². The smallest absolute Gasteiger partial charge is 0.163 e. The van der Waals surface area contributed by atoms with Crippen LogP contribution in [0.1, 0.15) is 18.4 Å². The van der Waals surface area contributed by atoms with Crippen molar-refractivity contribution in [1.29, 1.82) is 0 Å². The van der Waals surface area contributed by atoms with Gasteiger partial charge in [-0.15, -0.1) is 0 Å². The molecule has 2 aromatic rings. The number of rotatable bonds is 5. The highest BCUT2D eigenvalue weighted by atomic mass is 35.5. The molecule has 1 aromatic heterocycles. The molecule has 3 aliphatic rings. The van der Waals surface area contributed by atoms with E-state index >= 15 is 0 Å². The molecule has 0 N–H and O–H groups in total. The molecule has 1 aromatic carbocycles. The van der Waals surface area contributed by atoms with Crippen LogP contribution in [0, 0.1) is 0 Å². The van der Waals surface area contributed by atoms with Gasteiger partial charge in [0.15, 0.2) is 5.82 Å². The Balaban J connectivity index is 1.32. The van der Waals surface area contributed by atoms with Gasteiger partial charge in [0.1, 0.15) is 11.0 Å². The zero-order valence-corrected chi connectivity index (χ0v) is 18.6. The largest absolute Gasteiger partial charge is 0.369 e. The lowest BCUT2D eigenvalue weighted by atomic mass is 10.1. The Morgan fingerprint density at radius 1 is 0.867 bits per heavy atom. The summed E-state index contributed by atoms with van der Waals surface area (Å²) in [6.45, 7) is 9.94. The zero-order chi connectivity index (χ0) is 20.5. The fourth-order valence-corrected chi connectivity index (χ4v) is 5.03. The van der Waals surface area contributed by atoms with E-state index in [1.807, 2.05) is 0 Å². The van der Waals surface area contributed by atoms with Crippen molar-refractivity contribution < 1.29 is 0 Å². The maximum absolute atomic E-state index is 6.58. The van der Waals surface area contributed by atoms with Gasteiger partial charge in [0, 0.05) is 62.6 Å². The van der Waals surface area contributed by atoms with Crippen LogP contribution in [0.2, 0.25) is 5.15 Å². The van der Waals surface area contributed by atoms with Crippen LogP contribution in [0.3, 0.4) is 0 Å². The molecule has 0 amide bonds. The number of halogens is 1. The standard InChI is InChI=1S/C23H31ClN6/c1-27-12-15-29(16-13-27)19-6-4-18(5-7-19)22-25-21(24)20-8-11-30(23(20)26-22)17-14-28-9-2-3-10-28/h4-7H,2-3,8-17H2,1H3. The molecule has 0 saturated carbocycles. The second-order valence-electron chi connectivity index (χ2n) is 8.76. The number of hydrogen-bond acceptors (Lipinski definition) is 6. The first kappa shape index (κ1) is 20.0. The van der Waals surface area contributed by atoms with Gasteiger partial charge in [0.2, 0.25) is 0 Å². The fourth-order valence-electron chi connectivity index (χ4n) is 4.78. The van der Waals surface area contributed by atoms with Crippen molar-refractivity contribution in [1.82, 2.24) is 19.8 Å². The first-order valence-electron chi connectivity index (χ1n) is 11.2. The van der Waals surface area contributed by atoms with Crippen molar-refractivity contribution in [3.63, 3.8) is 0 Å². The van der Waals surface area contributed by atoms with E-state index in [2.05, 4.69) is 55.9 Å². The van der Waals surface area contributed by atoms with Gasteiger partial charge in [-0.2, -0.15) is 0 Å². The maximum Gasteiger partial charge on any atom is 0.163 e. The van der Waals surface area contributed by atoms with E-state index in [-0.39, 0.29) is 0 Å². The van der Waals surface area contributed by atoms with Crippen LogP contribution in [0.5, 0.6) is 0 Å². The third-order valence-electron chi connectivity index (χ3n) is 6.74. The molecule has 6 nitrogen and oxygen atoms in total. The van der Waals surface area contributed by atoms with Gasteiger partial charge in [-0.05, 0) is 63.7 Å². The highest BCUT2D eigenvalue weighted by molar-refractivity contribution is 6.30. The number of piperazine rings is 1. The molecule has 2 saturated heterocycles. The Bertz CT molecular complexity index is 872. The van der Waals surface area contributed by atoms with E-state index in [1.165, 1.54) is 31.6 Å². The van der Waals surface area contributed by atoms with Crippen LogP contribution in [0.4, 0.5) is 11.5 Å². The van der Waals surface area contributed by atoms with Crippen LogP contribution in [0.25, 0.3) is 11.4 Å². The molecular weight excluding hydrogens is 396 g/mol. The van der Waals surface area contributed by atoms with E-state index < -0.39 is 0 Å². The number of aromatic nitrogens is 2. The van der Waals surface area contributed by atoms with E-state index in [4.69, 9.17) is 16.6 Å². The van der Waals surface area contributed by atoms with E-state index in [0.717, 1.165) is 75.0 Å². The van der Waals surface area contributed by atoms with Crippen molar-refractivity contribution in [2.24, 2.45) is 0 Å². The number of hydrogen-bond donors (Lipinski definition) is 0. The topological polar surface area (TPSA) is 38.7 Å². The lowest BCUT2D eigenvalue weighted by Crippen LogP contribution is -2.44. The Hall–Kier alpha value is -1.89. The zero-order valence-electron chi connectivity index (χ0n) is 17.9. The molecule has 5 rings (SSSR count). The van der Waals surface area contributed by atoms with Crippen molar-refractivity contribution in [2.45, 2.75) is 19.3 Å². The fraction of sp³-hybridized carbons (Fsp3) is 0.565. The second-order valence-corrected chi connectivity index (χ2v) is 9.12. The molecule has 0 bridgehead atoms. The van der Waals surface area contributed by atoms with E-state index in [0.29, 0.717) is 5.15 Å². The Morgan fingerprint density at radius 3 is 2.33 bits per heavy atom. The van der Waals surface area contributed by atoms with Crippen LogP contribution >= 0.6 is 11.6 Å². The van der Waals surface area contributed by atoms with Crippen molar-refractivity contribution in [3.8, 4) is 11.4 Å². The minimum Gasteiger partial charge on any atom is -0.369 e. The van der Waals surface area contributed by atoms with Gasteiger partial charge < -0.3 is 19.6 Å². The molecule has 2 fully saturated rings. The summed E-state index contributed by atoms with van der Waals surface area (Å²) >= 11 is 6.58. The number of likely N-dealkylation sites (tertiary alicyclic amines) is 1. The average Bonchev–Trinajstić information content (AvgIpc) is 3.43. The van der Waals surface area contributed by atoms with Crippen LogP contribution < -0.4 is 9.80 Å². The average molecular weight is 427 g/mol. The third-order valence-corrected chi connectivity index (χ3v) is 7.06. The molecule has 0 aliphatic carbocycles. The van der Waals surface area contributed by atoms with Crippen LogP contribution in [0.15, 0.2) is 24.3 Å². The molecular formula is C23H31ClN6. The van der Waals surface area contributed by atoms with Gasteiger partial charge in [0.25, 0.3) is 0 Å². The summed E-state index contributed by atoms with van der Waals surface area (Å²) in [5.41, 5.74) is 3.41. The minimum atomic E-state index is 0.613. The molecule has 160 valence electrons. The number of likely N-dealkylation sites (N-methyl/N-ethyl adjacent to an activating group) is 1. The number of nitrogens with zero attached hydrogens (tertiary/aromatic N) is 6. The van der Waals surface area contributed by atoms with Crippen molar-refractivity contribution in [3.05, 3.63) is 35.0 Å². The summed E-state index contributed by atoms with van der Waals surface area (Å²) in [6, 6.07) is 8.65. The van der Waals surface area contributed by atoms with Crippen molar-refractivity contribution in [2.75, 3.05) is 75.8 Å². The number of benzene rings is 1. The molecule has 4 heterocycles. The van der Waals surface area contributed by atoms with Gasteiger partial charge in [-0.25, -0.2) is 9.97 Å². The second kappa shape index (κ2) is 8.69. The lowest BCUT2D eigenvalue weighted by molar-refractivity contribution is 0.313. The van der Waals surface area contributed by atoms with Gasteiger partial charge >= 0.3 is 0 Å². The summed E-state index contributed by atoms with van der Waals surface area (Å²) in [7, 11) is 2.18. The molecule has 0 unspecified atom stereocenters. The quantitative estimate of drug-likeness (QED) is 0.684. The van der Waals surface area contributed by atoms with Gasteiger partial charge in [0.05, 0.1) is 0 Å². The highest BCUT2D eigenvalue weighted by Gasteiger charge is 2.26. The molecule has 0 radical (unpaired) electrons. The maximum atomic E-state index is 6.58. The molecule has 0 atom stereocenters. The lowest BCUT2D eigenvalue weighted by Gasteiger charge is -2.34. The Morgan fingerprint density at radius 2 is 1.60 bits per heavy atom. The molecule has 30 heavy (non-hydrogen) atoms. The first-order chi connectivity index (χ1) is 14.7. The Labute approximate surface area is 184 Å². The predicted molar refractivity (Wildman–Crippen MR) is 124 cm³/mol. The molecule has 0 spiro atoms. The SMILES string of the molecule is CN1CCN(c2ccc(-c3nc(Cl)c4c(n3)N(CCN3CCCC3)CC4)cc2)CC1. The molecule has 7 heteroatoms. The Kier molecular flexibility index (Phi) is 5.81. The predicted octanol–water partition coefficient (Wildman–Crippen LogP) is 3.01. The third kappa shape index (κ3) is 4.13. The minimum absolute atomic E-state index is 0.613. The van der Waals surface area contributed by atoms with E-state index in [1.54, 1.807) is 0 Å². The monoisotopic (exact) mass is 426 g/mol. The summed E-state index contributed by atoms with van der Waals surface area (Å²) in [5, 5.41) is 0.613. The first-order valence-corrected chi connectivity index (χ1v) is 11.6. The summed E-state index contributed by atoms with van der Waals surface area (Å²) in [6.07, 6.45) is 3.61. The summed E-state index contributed by atoms with van der Waals surface area (Å²) in [4.78, 5) is 19.4. The van der Waals surface area contributed by atoms with E-state index in [9.17, 15) is 0 Å². The van der Waals surface area contributed by atoms with Crippen LogP contribution in [-0.2, 0) is 6.42 Å². The highest BCUT2D eigenvalue weighted by Crippen LogP contribution is 2.33. The number of anilines is 2. The summed E-state index contributed by atoms with van der Waals surface area (Å²) < 4.78 is 0. The van der Waals surface area contributed by atoms with Gasteiger partial charge in [-0.3, -0.25) is 0 Å². The summed E-state index contributed by atoms with van der Waals surface area (Å²) in [5.74, 6) is 1.77.